The number of hydrogen-bond acceptors (Lipinski definition) is 2. The van der Waals surface area contributed by atoms with Crippen molar-refractivity contribution in [3.8, 4) is 12.3 Å². The van der Waals surface area contributed by atoms with Crippen LogP contribution in [-0.4, -0.2) is 30.6 Å². The summed E-state index contributed by atoms with van der Waals surface area (Å²) >= 11 is 0. The molecule has 4 heteroatoms. The van der Waals surface area contributed by atoms with Crippen LogP contribution in [-0.2, 0) is 0 Å². The van der Waals surface area contributed by atoms with E-state index in [9.17, 15) is 8.78 Å². The second-order valence-corrected chi connectivity index (χ2v) is 4.56. The van der Waals surface area contributed by atoms with Crippen molar-refractivity contribution < 1.29 is 8.78 Å². The van der Waals surface area contributed by atoms with Crippen LogP contribution in [0.4, 0.5) is 14.5 Å². The predicted octanol–water partition coefficient (Wildman–Crippen LogP) is 2.47. The van der Waals surface area contributed by atoms with Gasteiger partial charge in [0.2, 0.25) is 0 Å². The first kappa shape index (κ1) is 12.8. The summed E-state index contributed by atoms with van der Waals surface area (Å²) < 4.78 is 26.1. The second kappa shape index (κ2) is 5.83. The van der Waals surface area contributed by atoms with Crippen LogP contribution >= 0.6 is 0 Å². The zero-order chi connectivity index (χ0) is 13.0. The molecule has 0 aromatic heterocycles. The average Bonchev–Trinajstić information content (AvgIpc) is 2.31. The number of terminal acetylenes is 1. The molecule has 1 heterocycles. The minimum Gasteiger partial charge on any atom is -0.382 e. The van der Waals surface area contributed by atoms with E-state index in [1.165, 1.54) is 12.1 Å². The van der Waals surface area contributed by atoms with Crippen molar-refractivity contribution in [1.29, 1.82) is 0 Å². The molecule has 0 aliphatic carbocycles. The molecule has 0 unspecified atom stereocenters. The van der Waals surface area contributed by atoms with Crippen molar-refractivity contribution in [3.63, 3.8) is 0 Å². The maximum atomic E-state index is 13.0. The molecule has 1 saturated heterocycles. The van der Waals surface area contributed by atoms with Crippen LogP contribution in [0.25, 0.3) is 0 Å². The highest BCUT2D eigenvalue weighted by molar-refractivity contribution is 5.44. The first-order valence-electron chi connectivity index (χ1n) is 6.06. The van der Waals surface area contributed by atoms with E-state index < -0.39 is 11.6 Å². The van der Waals surface area contributed by atoms with Gasteiger partial charge in [0.05, 0.1) is 6.54 Å². The number of rotatable bonds is 3. The summed E-state index contributed by atoms with van der Waals surface area (Å²) in [5, 5.41) is 3.17. The molecule has 1 aliphatic rings. The molecule has 0 spiro atoms. The summed E-state index contributed by atoms with van der Waals surface area (Å²) in [5.74, 6) is 1.52. The molecule has 0 bridgehead atoms. The number of likely N-dealkylation sites (tertiary alicyclic amines) is 1. The highest BCUT2D eigenvalue weighted by Gasteiger charge is 2.18. The van der Waals surface area contributed by atoms with Crippen LogP contribution in [0.15, 0.2) is 18.2 Å². The van der Waals surface area contributed by atoms with E-state index in [1.54, 1.807) is 0 Å². The normalized spacial score (nSPS) is 17.4. The van der Waals surface area contributed by atoms with E-state index in [1.807, 2.05) is 0 Å². The van der Waals surface area contributed by atoms with Gasteiger partial charge in [-0.1, -0.05) is 5.92 Å². The predicted molar refractivity (Wildman–Crippen MR) is 68.3 cm³/mol. The third-order valence-corrected chi connectivity index (χ3v) is 3.14. The summed E-state index contributed by atoms with van der Waals surface area (Å²) in [5.41, 5.74) is 0.503. The van der Waals surface area contributed by atoms with Crippen LogP contribution in [0.2, 0.25) is 0 Å². The molecule has 1 aromatic rings. The molecule has 0 atom stereocenters. The highest BCUT2D eigenvalue weighted by atomic mass is 19.1. The topological polar surface area (TPSA) is 15.3 Å². The van der Waals surface area contributed by atoms with Crippen molar-refractivity contribution in [2.75, 3.05) is 25.0 Å². The Bertz CT molecular complexity index is 425. The smallest absolute Gasteiger partial charge is 0.128 e. The number of anilines is 1. The molecule has 2 nitrogen and oxygen atoms in total. The fraction of sp³-hybridized carbons (Fsp3) is 0.429. The van der Waals surface area contributed by atoms with Crippen LogP contribution in [0.1, 0.15) is 12.8 Å². The quantitative estimate of drug-likeness (QED) is 0.829. The third-order valence-electron chi connectivity index (χ3n) is 3.14. The molecule has 0 amide bonds. The second-order valence-electron chi connectivity index (χ2n) is 4.56. The number of piperidine rings is 1. The van der Waals surface area contributed by atoms with Gasteiger partial charge < -0.3 is 5.32 Å². The molecule has 2 rings (SSSR count). The van der Waals surface area contributed by atoms with Gasteiger partial charge in [0, 0.05) is 30.9 Å². The summed E-state index contributed by atoms with van der Waals surface area (Å²) in [6.07, 6.45) is 7.12. The lowest BCUT2D eigenvalue weighted by molar-refractivity contribution is 0.243. The van der Waals surface area contributed by atoms with Crippen molar-refractivity contribution >= 4 is 5.69 Å². The van der Waals surface area contributed by atoms with E-state index in [0.29, 0.717) is 12.2 Å². The van der Waals surface area contributed by atoms with E-state index in [0.717, 1.165) is 32.0 Å². The Labute approximate surface area is 106 Å². The zero-order valence-corrected chi connectivity index (χ0v) is 10.1. The van der Waals surface area contributed by atoms with Crippen LogP contribution in [0.5, 0.6) is 0 Å². The van der Waals surface area contributed by atoms with Crippen molar-refractivity contribution in [2.24, 2.45) is 0 Å². The molecular weight excluding hydrogens is 234 g/mol. The average molecular weight is 250 g/mol. The Balaban J connectivity index is 1.90. The largest absolute Gasteiger partial charge is 0.382 e. The zero-order valence-electron chi connectivity index (χ0n) is 10.1. The molecule has 0 radical (unpaired) electrons. The van der Waals surface area contributed by atoms with Crippen LogP contribution in [0, 0.1) is 24.0 Å². The molecule has 0 saturated carbocycles. The lowest BCUT2D eigenvalue weighted by Gasteiger charge is -2.31. The minimum atomic E-state index is -0.553. The fourth-order valence-electron chi connectivity index (χ4n) is 2.24. The maximum Gasteiger partial charge on any atom is 0.128 e. The number of hydrogen-bond donors (Lipinski definition) is 1. The monoisotopic (exact) mass is 250 g/mol. The van der Waals surface area contributed by atoms with Gasteiger partial charge in [0.1, 0.15) is 11.6 Å². The lowest BCUT2D eigenvalue weighted by atomic mass is 10.0. The number of benzene rings is 1. The molecular formula is C14H16F2N2. The first-order chi connectivity index (χ1) is 8.67. The Morgan fingerprint density at radius 2 is 1.83 bits per heavy atom. The lowest BCUT2D eigenvalue weighted by Crippen LogP contribution is -2.39. The first-order valence-corrected chi connectivity index (χ1v) is 6.06. The minimum absolute atomic E-state index is 0.250. The molecule has 1 aromatic carbocycles. The van der Waals surface area contributed by atoms with Crippen molar-refractivity contribution in [1.82, 2.24) is 4.90 Å². The number of halogens is 2. The Morgan fingerprint density at radius 1 is 1.22 bits per heavy atom. The van der Waals surface area contributed by atoms with Gasteiger partial charge in [-0.25, -0.2) is 8.78 Å². The van der Waals surface area contributed by atoms with Crippen LogP contribution in [0.3, 0.4) is 0 Å². The fourth-order valence-corrected chi connectivity index (χ4v) is 2.24. The third kappa shape index (κ3) is 3.44. The van der Waals surface area contributed by atoms with Crippen molar-refractivity contribution in [3.05, 3.63) is 29.8 Å². The Morgan fingerprint density at radius 3 is 2.39 bits per heavy atom. The van der Waals surface area contributed by atoms with Gasteiger partial charge in [-0.3, -0.25) is 4.90 Å². The Kier molecular flexibility index (Phi) is 4.16. The van der Waals surface area contributed by atoms with Gasteiger partial charge in [-0.2, -0.15) is 0 Å². The van der Waals surface area contributed by atoms with Gasteiger partial charge in [0.15, 0.2) is 0 Å². The molecule has 1 N–H and O–H groups in total. The highest BCUT2D eigenvalue weighted by Crippen LogP contribution is 2.18. The van der Waals surface area contributed by atoms with E-state index in [4.69, 9.17) is 6.42 Å². The van der Waals surface area contributed by atoms with Gasteiger partial charge in [-0.15, -0.1) is 6.42 Å². The summed E-state index contributed by atoms with van der Waals surface area (Å²) in [6, 6.07) is 3.76. The SMILES string of the molecule is C#CCN1CCC(Nc2cc(F)cc(F)c2)CC1. The van der Waals surface area contributed by atoms with Gasteiger partial charge in [0.25, 0.3) is 0 Å². The van der Waals surface area contributed by atoms with E-state index in [-0.39, 0.29) is 6.04 Å². The molecule has 96 valence electrons. The molecule has 18 heavy (non-hydrogen) atoms. The molecule has 1 fully saturated rings. The Hall–Kier alpha value is -1.60. The van der Waals surface area contributed by atoms with E-state index in [2.05, 4.69) is 16.1 Å². The summed E-state index contributed by atoms with van der Waals surface area (Å²) in [7, 11) is 0. The number of nitrogens with zero attached hydrogens (tertiary/aromatic N) is 1. The standard InChI is InChI=1S/C14H16F2N2/c1-2-5-18-6-3-13(4-7-18)17-14-9-11(15)8-12(16)10-14/h1,8-10,13,17H,3-7H2. The summed E-state index contributed by atoms with van der Waals surface area (Å²) in [4.78, 5) is 2.20. The van der Waals surface area contributed by atoms with Crippen LogP contribution < -0.4 is 5.32 Å². The van der Waals surface area contributed by atoms with Crippen molar-refractivity contribution in [2.45, 2.75) is 18.9 Å². The van der Waals surface area contributed by atoms with Gasteiger partial charge in [-0.05, 0) is 25.0 Å². The number of nitrogens with one attached hydrogen (secondary N) is 1. The molecule has 1 aliphatic heterocycles. The maximum absolute atomic E-state index is 13.0. The van der Waals surface area contributed by atoms with Gasteiger partial charge >= 0.3 is 0 Å². The van der Waals surface area contributed by atoms with E-state index >= 15 is 0 Å². The summed E-state index contributed by atoms with van der Waals surface area (Å²) in [6.45, 7) is 2.50.